The Kier molecular flexibility index (Phi) is 6.36. The summed E-state index contributed by atoms with van der Waals surface area (Å²) in [6, 6.07) is 10.7. The van der Waals surface area contributed by atoms with Gasteiger partial charge in [0, 0.05) is 0 Å². The minimum atomic E-state index is -1.02. The minimum absolute atomic E-state index is 0.248. The van der Waals surface area contributed by atoms with Gasteiger partial charge in [-0.3, -0.25) is 9.59 Å². The molecule has 1 aliphatic rings. The SMILES string of the molecule is CC(C)(C)Oc1cccc2c1SC(CC(=O)O)C(=O)N2Cc1ccc(Cl)c(Cl)c1. The molecule has 0 saturated carbocycles. The number of halogens is 2. The van der Waals surface area contributed by atoms with Crippen LogP contribution in [0.3, 0.4) is 0 Å². The summed E-state index contributed by atoms with van der Waals surface area (Å²) < 4.78 is 6.08. The summed E-state index contributed by atoms with van der Waals surface area (Å²) in [7, 11) is 0. The van der Waals surface area contributed by atoms with Gasteiger partial charge in [-0.2, -0.15) is 0 Å². The number of hydrogen-bond donors (Lipinski definition) is 1. The van der Waals surface area contributed by atoms with Gasteiger partial charge in [-0.25, -0.2) is 0 Å². The molecule has 0 spiro atoms. The van der Waals surface area contributed by atoms with Gasteiger partial charge in [0.2, 0.25) is 5.91 Å². The first-order valence-corrected chi connectivity index (χ1v) is 10.6. The van der Waals surface area contributed by atoms with Crippen molar-refractivity contribution >= 4 is 52.5 Å². The van der Waals surface area contributed by atoms with Gasteiger partial charge in [-0.1, -0.05) is 35.3 Å². The highest BCUT2D eigenvalue weighted by molar-refractivity contribution is 8.01. The van der Waals surface area contributed by atoms with Gasteiger partial charge in [0.1, 0.15) is 11.4 Å². The number of carbonyl (C=O) groups excluding carboxylic acids is 1. The molecule has 0 radical (unpaired) electrons. The van der Waals surface area contributed by atoms with Crippen molar-refractivity contribution in [2.45, 2.75) is 49.5 Å². The Bertz CT molecular complexity index is 958. The summed E-state index contributed by atoms with van der Waals surface area (Å²) in [6.45, 7) is 6.06. The second kappa shape index (κ2) is 8.46. The van der Waals surface area contributed by atoms with Crippen molar-refractivity contribution in [1.82, 2.24) is 0 Å². The molecule has 0 saturated heterocycles. The van der Waals surface area contributed by atoms with Crippen molar-refractivity contribution in [2.75, 3.05) is 4.90 Å². The Balaban J connectivity index is 2.04. The Morgan fingerprint density at radius 1 is 1.21 bits per heavy atom. The fraction of sp³-hybridized carbons (Fsp3) is 0.333. The number of carbonyl (C=O) groups is 2. The van der Waals surface area contributed by atoms with Crippen LogP contribution in [0.25, 0.3) is 0 Å². The number of carboxylic acid groups (broad SMARTS) is 1. The molecule has 29 heavy (non-hydrogen) atoms. The van der Waals surface area contributed by atoms with Gasteiger partial charge in [0.15, 0.2) is 0 Å². The summed E-state index contributed by atoms with van der Waals surface area (Å²) in [5, 5.41) is 9.37. The Morgan fingerprint density at radius 2 is 1.93 bits per heavy atom. The number of ether oxygens (including phenoxy) is 1. The molecule has 0 aromatic heterocycles. The number of carboxylic acids is 1. The van der Waals surface area contributed by atoms with Crippen LogP contribution in [-0.2, 0) is 16.1 Å². The fourth-order valence-electron chi connectivity index (χ4n) is 3.00. The number of amides is 1. The first-order chi connectivity index (χ1) is 13.5. The van der Waals surface area contributed by atoms with Gasteiger partial charge in [-0.05, 0) is 50.6 Å². The molecular formula is C21H21Cl2NO4S. The maximum atomic E-state index is 13.1. The highest BCUT2D eigenvalue weighted by Crippen LogP contribution is 2.47. The number of hydrogen-bond acceptors (Lipinski definition) is 4. The summed E-state index contributed by atoms with van der Waals surface area (Å²) in [5.74, 6) is -0.658. The van der Waals surface area contributed by atoms with Crippen molar-refractivity contribution in [2.24, 2.45) is 0 Å². The zero-order chi connectivity index (χ0) is 21.3. The molecule has 3 rings (SSSR count). The largest absolute Gasteiger partial charge is 0.487 e. The van der Waals surface area contributed by atoms with E-state index in [1.54, 1.807) is 23.1 Å². The maximum absolute atomic E-state index is 13.1. The average Bonchev–Trinajstić information content (AvgIpc) is 2.60. The molecule has 0 fully saturated rings. The topological polar surface area (TPSA) is 66.8 Å². The highest BCUT2D eigenvalue weighted by Gasteiger charge is 2.37. The minimum Gasteiger partial charge on any atom is -0.487 e. The van der Waals surface area contributed by atoms with E-state index < -0.39 is 16.8 Å². The molecular weight excluding hydrogens is 433 g/mol. The van der Waals surface area contributed by atoms with E-state index in [2.05, 4.69) is 0 Å². The van der Waals surface area contributed by atoms with Crippen LogP contribution in [0, 0.1) is 0 Å². The van der Waals surface area contributed by atoms with E-state index in [-0.39, 0.29) is 18.9 Å². The number of aliphatic carboxylic acids is 1. The molecule has 1 amide bonds. The van der Waals surface area contributed by atoms with Crippen LogP contribution >= 0.6 is 35.0 Å². The first-order valence-electron chi connectivity index (χ1n) is 9.01. The van der Waals surface area contributed by atoms with E-state index >= 15 is 0 Å². The zero-order valence-electron chi connectivity index (χ0n) is 16.2. The molecule has 5 nitrogen and oxygen atoms in total. The normalized spacial score (nSPS) is 16.5. The van der Waals surface area contributed by atoms with Crippen molar-refractivity contribution in [1.29, 1.82) is 0 Å². The van der Waals surface area contributed by atoms with Gasteiger partial charge in [0.25, 0.3) is 0 Å². The van der Waals surface area contributed by atoms with E-state index in [1.165, 1.54) is 11.8 Å². The predicted molar refractivity (Wildman–Crippen MR) is 116 cm³/mol. The second-order valence-electron chi connectivity index (χ2n) is 7.70. The van der Waals surface area contributed by atoms with Gasteiger partial charge in [0.05, 0.1) is 38.8 Å². The second-order valence-corrected chi connectivity index (χ2v) is 9.72. The third kappa shape index (κ3) is 5.18. The number of benzene rings is 2. The monoisotopic (exact) mass is 453 g/mol. The third-order valence-corrected chi connectivity index (χ3v) is 6.19. The van der Waals surface area contributed by atoms with Gasteiger partial charge in [-0.15, -0.1) is 11.8 Å². The van der Waals surface area contributed by atoms with Crippen LogP contribution in [0.5, 0.6) is 5.75 Å². The molecule has 1 atom stereocenters. The van der Waals surface area contributed by atoms with Crippen LogP contribution in [0.15, 0.2) is 41.3 Å². The standard InChI is InChI=1S/C21H21Cl2NO4S/c1-21(2,3)28-16-6-4-5-15-19(16)29-17(10-18(25)26)20(27)24(15)11-12-7-8-13(22)14(23)9-12/h4-9,17H,10-11H2,1-3H3,(H,25,26). The van der Waals surface area contributed by atoms with Crippen LogP contribution < -0.4 is 9.64 Å². The Labute approximate surface area is 183 Å². The number of rotatable bonds is 5. The lowest BCUT2D eigenvalue weighted by atomic mass is 10.1. The van der Waals surface area contributed by atoms with Crippen molar-refractivity contribution < 1.29 is 19.4 Å². The summed E-state index contributed by atoms with van der Waals surface area (Å²) in [6.07, 6.45) is -0.273. The number of fused-ring (bicyclic) bond motifs is 1. The highest BCUT2D eigenvalue weighted by atomic mass is 35.5. The predicted octanol–water partition coefficient (Wildman–Crippen LogP) is 5.65. The van der Waals surface area contributed by atoms with Crippen LogP contribution in [0.4, 0.5) is 5.69 Å². The molecule has 8 heteroatoms. The lowest BCUT2D eigenvalue weighted by Gasteiger charge is -2.35. The molecule has 1 aliphatic heterocycles. The zero-order valence-corrected chi connectivity index (χ0v) is 18.6. The van der Waals surface area contributed by atoms with E-state index in [1.807, 2.05) is 39.0 Å². The molecule has 1 unspecified atom stereocenters. The van der Waals surface area contributed by atoms with E-state index in [4.69, 9.17) is 27.9 Å². The quantitative estimate of drug-likeness (QED) is 0.632. The Morgan fingerprint density at radius 3 is 2.55 bits per heavy atom. The van der Waals surface area contributed by atoms with Crippen molar-refractivity contribution in [3.8, 4) is 5.75 Å². The molecule has 0 bridgehead atoms. The summed E-state index contributed by atoms with van der Waals surface area (Å²) in [5.41, 5.74) is 1.05. The van der Waals surface area contributed by atoms with Gasteiger partial charge >= 0.3 is 5.97 Å². The molecule has 1 heterocycles. The fourth-order valence-corrected chi connectivity index (χ4v) is 4.59. The van der Waals surface area contributed by atoms with E-state index in [0.717, 1.165) is 10.5 Å². The molecule has 1 N–H and O–H groups in total. The van der Waals surface area contributed by atoms with Crippen LogP contribution in [0.1, 0.15) is 32.8 Å². The molecule has 0 aliphatic carbocycles. The molecule has 154 valence electrons. The van der Waals surface area contributed by atoms with Crippen LogP contribution in [0.2, 0.25) is 10.0 Å². The lowest BCUT2D eigenvalue weighted by molar-refractivity contribution is -0.138. The van der Waals surface area contributed by atoms with E-state index in [0.29, 0.717) is 21.5 Å². The summed E-state index contributed by atoms with van der Waals surface area (Å²) in [4.78, 5) is 26.8. The lowest BCUT2D eigenvalue weighted by Crippen LogP contribution is -2.41. The summed E-state index contributed by atoms with van der Waals surface area (Å²) >= 11 is 13.4. The average molecular weight is 454 g/mol. The van der Waals surface area contributed by atoms with Crippen molar-refractivity contribution in [3.05, 3.63) is 52.0 Å². The Hall–Kier alpha value is -1.89. The van der Waals surface area contributed by atoms with Crippen molar-refractivity contribution in [3.63, 3.8) is 0 Å². The number of thioether (sulfide) groups is 1. The van der Waals surface area contributed by atoms with E-state index in [9.17, 15) is 14.7 Å². The number of anilines is 1. The molecule has 2 aromatic carbocycles. The van der Waals surface area contributed by atoms with Crippen LogP contribution in [-0.4, -0.2) is 27.8 Å². The number of nitrogens with zero attached hydrogens (tertiary/aromatic N) is 1. The first kappa shape index (κ1) is 21.8. The maximum Gasteiger partial charge on any atom is 0.305 e. The third-order valence-electron chi connectivity index (χ3n) is 4.15. The smallest absolute Gasteiger partial charge is 0.305 e. The van der Waals surface area contributed by atoms with Gasteiger partial charge < -0.3 is 14.7 Å². The molecule has 2 aromatic rings.